The van der Waals surface area contributed by atoms with E-state index in [2.05, 4.69) is 31.1 Å². The van der Waals surface area contributed by atoms with E-state index in [1.54, 1.807) is 18.2 Å². The predicted molar refractivity (Wildman–Crippen MR) is 94.3 cm³/mol. The Labute approximate surface area is 146 Å². The second-order valence-electron chi connectivity index (χ2n) is 8.19. The molecule has 3 rings (SSSR count). The Morgan fingerprint density at radius 3 is 2.60 bits per heavy atom. The number of nitrogens with one attached hydrogen (secondary N) is 1. The van der Waals surface area contributed by atoms with Gasteiger partial charge in [-0.25, -0.2) is 4.98 Å². The molecule has 1 aliphatic carbocycles. The monoisotopic (exact) mass is 344 g/mol. The first kappa shape index (κ1) is 17.5. The average Bonchev–Trinajstić information content (AvgIpc) is 2.81. The lowest BCUT2D eigenvalue weighted by atomic mass is 9.66. The number of carboxylic acid groups (broad SMARTS) is 1. The van der Waals surface area contributed by atoms with Crippen molar-refractivity contribution in [2.75, 3.05) is 5.32 Å². The largest absolute Gasteiger partial charge is 0.481 e. The fourth-order valence-corrected chi connectivity index (χ4v) is 3.16. The van der Waals surface area contributed by atoms with Gasteiger partial charge in [0, 0.05) is 18.5 Å². The van der Waals surface area contributed by atoms with E-state index in [1.165, 1.54) is 0 Å². The Morgan fingerprint density at radius 1 is 1.32 bits per heavy atom. The molecule has 1 aromatic carbocycles. The molecule has 0 saturated heterocycles. The van der Waals surface area contributed by atoms with Crippen molar-refractivity contribution in [2.45, 2.75) is 52.9 Å². The summed E-state index contributed by atoms with van der Waals surface area (Å²) >= 11 is 0. The molecule has 0 bridgehead atoms. The normalized spacial score (nSPS) is 16.4. The molecule has 2 aromatic rings. The van der Waals surface area contributed by atoms with E-state index in [0.29, 0.717) is 35.5 Å². The van der Waals surface area contributed by atoms with Gasteiger partial charge in [0.15, 0.2) is 11.5 Å². The highest BCUT2D eigenvalue weighted by atomic mass is 16.4. The molecule has 2 N–H and O–H groups in total. The third kappa shape index (κ3) is 3.83. The van der Waals surface area contributed by atoms with E-state index in [9.17, 15) is 14.7 Å². The van der Waals surface area contributed by atoms with Crippen LogP contribution in [0.5, 0.6) is 0 Å². The molecule has 0 spiro atoms. The zero-order chi connectivity index (χ0) is 18.2. The first-order valence-corrected chi connectivity index (χ1v) is 8.60. The van der Waals surface area contributed by atoms with Gasteiger partial charge in [0.2, 0.25) is 5.91 Å². The Kier molecular flexibility index (Phi) is 4.31. The second-order valence-corrected chi connectivity index (χ2v) is 8.19. The molecule has 1 heterocycles. The maximum atomic E-state index is 12.2. The standard InChI is InChI=1S/C19H24N2O4/c1-18(2,3)11-16-21-13-9-12(5-6-14(13)25-16)20-15(22)10-19(17(23)24)7-4-8-19/h5-6,9H,4,7-8,10-11H2,1-3H3,(H,20,22)(H,23,24). The van der Waals surface area contributed by atoms with Crippen LogP contribution in [0.25, 0.3) is 11.1 Å². The van der Waals surface area contributed by atoms with Crippen LogP contribution >= 0.6 is 0 Å². The number of anilines is 1. The molecule has 6 heteroatoms. The van der Waals surface area contributed by atoms with Crippen LogP contribution < -0.4 is 5.32 Å². The quantitative estimate of drug-likeness (QED) is 0.855. The van der Waals surface area contributed by atoms with Gasteiger partial charge < -0.3 is 14.8 Å². The number of carbonyl (C=O) groups is 2. The van der Waals surface area contributed by atoms with Gasteiger partial charge in [-0.1, -0.05) is 27.2 Å². The molecule has 134 valence electrons. The van der Waals surface area contributed by atoms with Crippen LogP contribution in [0, 0.1) is 10.8 Å². The zero-order valence-corrected chi connectivity index (χ0v) is 14.9. The molecule has 1 aromatic heterocycles. The van der Waals surface area contributed by atoms with E-state index in [-0.39, 0.29) is 17.7 Å². The number of carboxylic acids is 1. The van der Waals surface area contributed by atoms with E-state index in [0.717, 1.165) is 12.8 Å². The van der Waals surface area contributed by atoms with Crippen LogP contribution in [0.1, 0.15) is 52.3 Å². The lowest BCUT2D eigenvalue weighted by Crippen LogP contribution is -2.41. The van der Waals surface area contributed by atoms with Crippen molar-refractivity contribution in [3.8, 4) is 0 Å². The summed E-state index contributed by atoms with van der Waals surface area (Å²) in [7, 11) is 0. The molecule has 6 nitrogen and oxygen atoms in total. The topological polar surface area (TPSA) is 92.4 Å². The fourth-order valence-electron chi connectivity index (χ4n) is 3.16. The highest BCUT2D eigenvalue weighted by Gasteiger charge is 2.45. The summed E-state index contributed by atoms with van der Waals surface area (Å²) in [4.78, 5) is 28.1. The molecule has 25 heavy (non-hydrogen) atoms. The molecular weight excluding hydrogens is 320 g/mol. The third-order valence-electron chi connectivity index (χ3n) is 4.66. The minimum absolute atomic E-state index is 0.00839. The highest BCUT2D eigenvalue weighted by molar-refractivity contribution is 5.95. The van der Waals surface area contributed by atoms with E-state index in [1.807, 2.05) is 0 Å². The number of aliphatic carboxylic acids is 1. The van der Waals surface area contributed by atoms with E-state index >= 15 is 0 Å². The number of fused-ring (bicyclic) bond motifs is 1. The number of carbonyl (C=O) groups excluding carboxylic acids is 1. The number of hydrogen-bond donors (Lipinski definition) is 2. The van der Waals surface area contributed by atoms with Crippen LogP contribution in [-0.2, 0) is 16.0 Å². The summed E-state index contributed by atoms with van der Waals surface area (Å²) in [5.74, 6) is -0.488. The van der Waals surface area contributed by atoms with Crippen LogP contribution in [-0.4, -0.2) is 22.0 Å². The molecule has 1 saturated carbocycles. The van der Waals surface area contributed by atoms with Crippen molar-refractivity contribution in [2.24, 2.45) is 10.8 Å². The number of oxazole rings is 1. The molecule has 0 atom stereocenters. The second kappa shape index (κ2) is 6.17. The first-order chi connectivity index (χ1) is 11.7. The van der Waals surface area contributed by atoms with E-state index < -0.39 is 11.4 Å². The first-order valence-electron chi connectivity index (χ1n) is 8.60. The van der Waals surface area contributed by atoms with Crippen molar-refractivity contribution in [3.05, 3.63) is 24.1 Å². The number of benzene rings is 1. The Balaban J connectivity index is 1.71. The summed E-state index contributed by atoms with van der Waals surface area (Å²) < 4.78 is 5.74. The molecular formula is C19H24N2O4. The van der Waals surface area contributed by atoms with Crippen LogP contribution in [0.3, 0.4) is 0 Å². The number of amides is 1. The smallest absolute Gasteiger partial charge is 0.310 e. The van der Waals surface area contributed by atoms with Gasteiger partial charge in [0.1, 0.15) is 5.52 Å². The van der Waals surface area contributed by atoms with Crippen molar-refractivity contribution in [3.63, 3.8) is 0 Å². The summed E-state index contributed by atoms with van der Waals surface area (Å²) in [6, 6.07) is 5.29. The lowest BCUT2D eigenvalue weighted by Gasteiger charge is -2.36. The molecule has 1 amide bonds. The fraction of sp³-hybridized carbons (Fsp3) is 0.526. The van der Waals surface area contributed by atoms with Gasteiger partial charge in [-0.3, -0.25) is 9.59 Å². The number of rotatable bonds is 5. The number of nitrogens with zero attached hydrogens (tertiary/aromatic N) is 1. The summed E-state index contributed by atoms with van der Waals surface area (Å²) in [5.41, 5.74) is 1.16. The number of aromatic nitrogens is 1. The molecule has 0 unspecified atom stereocenters. The Morgan fingerprint density at radius 2 is 2.04 bits per heavy atom. The van der Waals surface area contributed by atoms with Gasteiger partial charge >= 0.3 is 5.97 Å². The SMILES string of the molecule is CC(C)(C)Cc1nc2cc(NC(=O)CC3(C(=O)O)CCC3)ccc2o1. The number of hydrogen-bond acceptors (Lipinski definition) is 4. The van der Waals surface area contributed by atoms with Crippen LogP contribution in [0.4, 0.5) is 5.69 Å². The van der Waals surface area contributed by atoms with Crippen LogP contribution in [0.2, 0.25) is 0 Å². The van der Waals surface area contributed by atoms with Crippen LogP contribution in [0.15, 0.2) is 22.6 Å². The van der Waals surface area contributed by atoms with Gasteiger partial charge in [0.25, 0.3) is 0 Å². The lowest BCUT2D eigenvalue weighted by molar-refractivity contribution is -0.157. The zero-order valence-electron chi connectivity index (χ0n) is 14.9. The van der Waals surface area contributed by atoms with Gasteiger partial charge in [-0.15, -0.1) is 0 Å². The maximum Gasteiger partial charge on any atom is 0.310 e. The van der Waals surface area contributed by atoms with Gasteiger partial charge in [-0.05, 0) is 36.5 Å². The average molecular weight is 344 g/mol. The van der Waals surface area contributed by atoms with Crippen molar-refractivity contribution < 1.29 is 19.1 Å². The third-order valence-corrected chi connectivity index (χ3v) is 4.66. The molecule has 0 radical (unpaired) electrons. The molecule has 0 aliphatic heterocycles. The van der Waals surface area contributed by atoms with Crippen molar-refractivity contribution in [1.29, 1.82) is 0 Å². The predicted octanol–water partition coefficient (Wildman–Crippen LogP) is 4.00. The van der Waals surface area contributed by atoms with Crippen molar-refractivity contribution in [1.82, 2.24) is 4.98 Å². The van der Waals surface area contributed by atoms with Crippen molar-refractivity contribution >= 4 is 28.7 Å². The van der Waals surface area contributed by atoms with Gasteiger partial charge in [-0.2, -0.15) is 0 Å². The minimum Gasteiger partial charge on any atom is -0.481 e. The summed E-state index contributed by atoms with van der Waals surface area (Å²) in [6.45, 7) is 6.35. The maximum absolute atomic E-state index is 12.2. The Hall–Kier alpha value is -2.37. The Bertz CT molecular complexity index is 812. The summed E-state index contributed by atoms with van der Waals surface area (Å²) in [6.07, 6.45) is 2.72. The molecule has 1 fully saturated rings. The minimum atomic E-state index is -0.887. The van der Waals surface area contributed by atoms with Gasteiger partial charge in [0.05, 0.1) is 5.41 Å². The van der Waals surface area contributed by atoms with E-state index in [4.69, 9.17) is 4.42 Å². The molecule has 1 aliphatic rings. The summed E-state index contributed by atoms with van der Waals surface area (Å²) in [5, 5.41) is 12.1. The highest BCUT2D eigenvalue weighted by Crippen LogP contribution is 2.44.